The van der Waals surface area contributed by atoms with Crippen LogP contribution in [0.15, 0.2) is 36.9 Å². The standard InChI is InChI=1S/C16H19N3O4/c1-3-15(20)18-10-6-9-14(18)16(21)17(2)11-12-7-4-5-8-13(12)19(22)23/h3-5,7-8,14H,1,6,9-11H2,2H3. The largest absolute Gasteiger partial charge is 0.339 e. The van der Waals surface area contributed by atoms with Gasteiger partial charge < -0.3 is 9.80 Å². The summed E-state index contributed by atoms with van der Waals surface area (Å²) < 4.78 is 0. The predicted octanol–water partition coefficient (Wildman–Crippen LogP) is 1.73. The van der Waals surface area contributed by atoms with Gasteiger partial charge >= 0.3 is 0 Å². The molecular weight excluding hydrogens is 298 g/mol. The molecule has 1 unspecified atom stereocenters. The van der Waals surface area contributed by atoms with Crippen LogP contribution in [0.25, 0.3) is 0 Å². The second-order valence-electron chi connectivity index (χ2n) is 5.47. The predicted molar refractivity (Wildman–Crippen MR) is 84.5 cm³/mol. The normalized spacial score (nSPS) is 16.9. The lowest BCUT2D eigenvalue weighted by atomic mass is 10.1. The maximum absolute atomic E-state index is 12.6. The van der Waals surface area contributed by atoms with E-state index in [4.69, 9.17) is 0 Å². The van der Waals surface area contributed by atoms with Crippen LogP contribution in [0.3, 0.4) is 0 Å². The Bertz CT molecular complexity index is 644. The zero-order chi connectivity index (χ0) is 17.0. The van der Waals surface area contributed by atoms with E-state index >= 15 is 0 Å². The van der Waals surface area contributed by atoms with Crippen LogP contribution >= 0.6 is 0 Å². The van der Waals surface area contributed by atoms with Gasteiger partial charge in [-0.3, -0.25) is 19.7 Å². The van der Waals surface area contributed by atoms with Crippen molar-refractivity contribution in [2.24, 2.45) is 0 Å². The number of nitrogens with zero attached hydrogens (tertiary/aromatic N) is 3. The minimum absolute atomic E-state index is 0.0161. The number of hydrogen-bond acceptors (Lipinski definition) is 4. The Hall–Kier alpha value is -2.70. The average Bonchev–Trinajstić information content (AvgIpc) is 3.03. The van der Waals surface area contributed by atoms with Gasteiger partial charge in [-0.25, -0.2) is 0 Å². The van der Waals surface area contributed by atoms with Crippen LogP contribution in [0.2, 0.25) is 0 Å². The molecule has 1 aliphatic heterocycles. The van der Waals surface area contributed by atoms with E-state index in [9.17, 15) is 19.7 Å². The lowest BCUT2D eigenvalue weighted by Gasteiger charge is -2.27. The summed E-state index contributed by atoms with van der Waals surface area (Å²) in [6, 6.07) is 5.81. The highest BCUT2D eigenvalue weighted by Gasteiger charge is 2.35. The molecule has 1 atom stereocenters. The third-order valence-corrected chi connectivity index (χ3v) is 3.97. The van der Waals surface area contributed by atoms with E-state index in [2.05, 4.69) is 6.58 Å². The zero-order valence-corrected chi connectivity index (χ0v) is 13.0. The summed E-state index contributed by atoms with van der Waals surface area (Å²) in [6.07, 6.45) is 2.56. The van der Waals surface area contributed by atoms with Crippen molar-refractivity contribution >= 4 is 17.5 Å². The molecule has 1 aliphatic rings. The molecule has 122 valence electrons. The summed E-state index contributed by atoms with van der Waals surface area (Å²) in [4.78, 5) is 37.9. The minimum Gasteiger partial charge on any atom is -0.339 e. The van der Waals surface area contributed by atoms with Crippen molar-refractivity contribution in [1.82, 2.24) is 9.80 Å². The van der Waals surface area contributed by atoms with Gasteiger partial charge in [0.15, 0.2) is 0 Å². The van der Waals surface area contributed by atoms with Gasteiger partial charge in [-0.15, -0.1) is 0 Å². The van der Waals surface area contributed by atoms with Gasteiger partial charge in [0.1, 0.15) is 6.04 Å². The number of nitro benzene ring substituents is 1. The molecule has 7 nitrogen and oxygen atoms in total. The first-order valence-electron chi connectivity index (χ1n) is 7.36. The van der Waals surface area contributed by atoms with E-state index < -0.39 is 11.0 Å². The zero-order valence-electron chi connectivity index (χ0n) is 13.0. The van der Waals surface area contributed by atoms with Crippen molar-refractivity contribution in [2.45, 2.75) is 25.4 Å². The molecule has 2 amide bonds. The van der Waals surface area contributed by atoms with Crippen molar-refractivity contribution < 1.29 is 14.5 Å². The third-order valence-electron chi connectivity index (χ3n) is 3.97. The maximum atomic E-state index is 12.6. The van der Waals surface area contributed by atoms with Gasteiger partial charge in [-0.05, 0) is 18.9 Å². The van der Waals surface area contributed by atoms with Crippen LogP contribution in [0, 0.1) is 10.1 Å². The van der Waals surface area contributed by atoms with Crippen LogP contribution in [0.1, 0.15) is 18.4 Å². The molecule has 0 N–H and O–H groups in total. The lowest BCUT2D eigenvalue weighted by molar-refractivity contribution is -0.385. The fourth-order valence-electron chi connectivity index (χ4n) is 2.81. The SMILES string of the molecule is C=CC(=O)N1CCCC1C(=O)N(C)Cc1ccccc1[N+](=O)[O-]. The Morgan fingerprint density at radius 1 is 1.48 bits per heavy atom. The molecule has 1 heterocycles. The Kier molecular flexibility index (Phi) is 5.10. The first kappa shape index (κ1) is 16.7. The van der Waals surface area contributed by atoms with Crippen molar-refractivity contribution in [3.8, 4) is 0 Å². The number of likely N-dealkylation sites (tertiary alicyclic amines) is 1. The number of carbonyl (C=O) groups excluding carboxylic acids is 2. The molecule has 0 saturated carbocycles. The molecule has 2 rings (SSSR count). The average molecular weight is 317 g/mol. The van der Waals surface area contributed by atoms with E-state index in [0.717, 1.165) is 6.42 Å². The Morgan fingerprint density at radius 3 is 2.83 bits per heavy atom. The van der Waals surface area contributed by atoms with Gasteiger partial charge in [0.05, 0.1) is 11.5 Å². The summed E-state index contributed by atoms with van der Waals surface area (Å²) >= 11 is 0. The summed E-state index contributed by atoms with van der Waals surface area (Å²) in [5.74, 6) is -0.476. The van der Waals surface area contributed by atoms with E-state index in [1.54, 1.807) is 25.2 Å². The highest BCUT2D eigenvalue weighted by atomic mass is 16.6. The molecule has 0 bridgehead atoms. The van der Waals surface area contributed by atoms with Gasteiger partial charge in [0.2, 0.25) is 11.8 Å². The molecule has 0 aliphatic carbocycles. The van der Waals surface area contributed by atoms with Crippen LogP contribution in [0.4, 0.5) is 5.69 Å². The van der Waals surface area contributed by atoms with Crippen LogP contribution in [-0.2, 0) is 16.1 Å². The lowest BCUT2D eigenvalue weighted by Crippen LogP contribution is -2.45. The number of carbonyl (C=O) groups is 2. The summed E-state index contributed by atoms with van der Waals surface area (Å²) in [5, 5.41) is 11.0. The van der Waals surface area contributed by atoms with Crippen LogP contribution in [-0.4, -0.2) is 46.2 Å². The van der Waals surface area contributed by atoms with Crippen molar-refractivity contribution in [2.75, 3.05) is 13.6 Å². The van der Waals surface area contributed by atoms with Crippen molar-refractivity contribution in [3.63, 3.8) is 0 Å². The first-order valence-corrected chi connectivity index (χ1v) is 7.36. The second kappa shape index (κ2) is 7.04. The van der Waals surface area contributed by atoms with Crippen LogP contribution in [0.5, 0.6) is 0 Å². The Labute approximate surface area is 134 Å². The fourth-order valence-corrected chi connectivity index (χ4v) is 2.81. The maximum Gasteiger partial charge on any atom is 0.274 e. The highest BCUT2D eigenvalue weighted by molar-refractivity contribution is 5.93. The summed E-state index contributed by atoms with van der Waals surface area (Å²) in [7, 11) is 1.59. The first-order chi connectivity index (χ1) is 11.0. The van der Waals surface area contributed by atoms with E-state index in [1.165, 1.54) is 21.9 Å². The molecule has 7 heteroatoms. The van der Waals surface area contributed by atoms with Crippen molar-refractivity contribution in [1.29, 1.82) is 0 Å². The molecule has 0 spiro atoms. The molecular formula is C16H19N3O4. The van der Waals surface area contributed by atoms with Gasteiger partial charge in [-0.1, -0.05) is 24.8 Å². The number of benzene rings is 1. The number of rotatable bonds is 5. The van der Waals surface area contributed by atoms with Gasteiger partial charge in [0.25, 0.3) is 5.69 Å². The van der Waals surface area contributed by atoms with E-state index in [0.29, 0.717) is 18.5 Å². The molecule has 1 fully saturated rings. The number of para-hydroxylation sites is 1. The Morgan fingerprint density at radius 2 is 2.17 bits per heavy atom. The fraction of sp³-hybridized carbons (Fsp3) is 0.375. The molecule has 23 heavy (non-hydrogen) atoms. The topological polar surface area (TPSA) is 83.8 Å². The minimum atomic E-state index is -0.520. The van der Waals surface area contributed by atoms with E-state index in [-0.39, 0.29) is 24.0 Å². The Balaban J connectivity index is 2.13. The number of likely N-dealkylation sites (N-methyl/N-ethyl adjacent to an activating group) is 1. The number of nitro groups is 1. The van der Waals surface area contributed by atoms with E-state index in [1.807, 2.05) is 0 Å². The smallest absolute Gasteiger partial charge is 0.274 e. The summed E-state index contributed by atoms with van der Waals surface area (Å²) in [6.45, 7) is 4.11. The van der Waals surface area contributed by atoms with Crippen molar-refractivity contribution in [3.05, 3.63) is 52.6 Å². The molecule has 1 saturated heterocycles. The number of hydrogen-bond donors (Lipinski definition) is 0. The van der Waals surface area contributed by atoms with Gasteiger partial charge in [-0.2, -0.15) is 0 Å². The quantitative estimate of drug-likeness (QED) is 0.470. The molecule has 1 aromatic carbocycles. The molecule has 0 aromatic heterocycles. The number of amides is 2. The van der Waals surface area contributed by atoms with Gasteiger partial charge in [0, 0.05) is 25.2 Å². The summed E-state index contributed by atoms with van der Waals surface area (Å²) in [5.41, 5.74) is 0.450. The van der Waals surface area contributed by atoms with Crippen LogP contribution < -0.4 is 0 Å². The highest BCUT2D eigenvalue weighted by Crippen LogP contribution is 2.23. The second-order valence-corrected chi connectivity index (χ2v) is 5.47. The molecule has 0 radical (unpaired) electrons. The monoisotopic (exact) mass is 317 g/mol. The molecule has 1 aromatic rings. The third kappa shape index (κ3) is 3.56.